The molecular weight excluding hydrogens is 336 g/mol. The largest absolute Gasteiger partial charge is 0.461 e. The van der Waals surface area contributed by atoms with Crippen LogP contribution in [0, 0.1) is 6.92 Å². The molecule has 0 saturated heterocycles. The van der Waals surface area contributed by atoms with Crippen molar-refractivity contribution in [2.75, 3.05) is 6.61 Å². The number of benzene rings is 2. The number of ether oxygens (including phenoxy) is 1. The second-order valence-electron chi connectivity index (χ2n) is 5.79. The molecule has 4 nitrogen and oxygen atoms in total. The lowest BCUT2D eigenvalue weighted by Crippen LogP contribution is -2.14. The smallest absolute Gasteiger partial charge is 0.356 e. The topological polar surface area (TPSA) is 44.1 Å². The number of halogens is 1. The fraction of sp³-hybridized carbons (Fsp3) is 0.200. The first-order valence-corrected chi connectivity index (χ1v) is 8.51. The van der Waals surface area contributed by atoms with E-state index in [1.807, 2.05) is 55.5 Å². The van der Waals surface area contributed by atoms with Crippen molar-refractivity contribution in [1.82, 2.24) is 9.78 Å². The van der Waals surface area contributed by atoms with Gasteiger partial charge in [-0.05, 0) is 37.6 Å². The van der Waals surface area contributed by atoms with E-state index in [2.05, 4.69) is 5.10 Å². The lowest BCUT2D eigenvalue weighted by molar-refractivity contribution is 0.0512. The molecule has 0 atom stereocenters. The van der Waals surface area contributed by atoms with Crippen LogP contribution in [0.25, 0.3) is 11.3 Å². The number of rotatable bonds is 5. The molecule has 128 valence electrons. The lowest BCUT2D eigenvalue weighted by atomic mass is 10.1. The molecule has 1 heterocycles. The Morgan fingerprint density at radius 2 is 1.80 bits per heavy atom. The summed E-state index contributed by atoms with van der Waals surface area (Å²) in [6.07, 6.45) is 0. The number of aromatic nitrogens is 2. The first-order valence-electron chi connectivity index (χ1n) is 8.13. The van der Waals surface area contributed by atoms with Crippen molar-refractivity contribution in [1.29, 1.82) is 0 Å². The Hall–Kier alpha value is -2.59. The Kier molecular flexibility index (Phi) is 5.19. The number of nitrogens with zero attached hydrogens (tertiary/aromatic N) is 2. The third-order valence-corrected chi connectivity index (χ3v) is 4.11. The lowest BCUT2D eigenvalue weighted by Gasteiger charge is -2.07. The van der Waals surface area contributed by atoms with Crippen LogP contribution in [-0.4, -0.2) is 22.4 Å². The van der Waals surface area contributed by atoms with Crippen molar-refractivity contribution in [2.45, 2.75) is 20.4 Å². The van der Waals surface area contributed by atoms with Crippen LogP contribution in [0.2, 0.25) is 5.02 Å². The van der Waals surface area contributed by atoms with Crippen LogP contribution in [0.4, 0.5) is 0 Å². The van der Waals surface area contributed by atoms with Gasteiger partial charge in [-0.1, -0.05) is 53.6 Å². The molecule has 0 amide bonds. The third-order valence-electron chi connectivity index (χ3n) is 3.86. The van der Waals surface area contributed by atoms with E-state index in [9.17, 15) is 4.79 Å². The average molecular weight is 355 g/mol. The van der Waals surface area contributed by atoms with Crippen LogP contribution in [-0.2, 0) is 11.3 Å². The summed E-state index contributed by atoms with van der Waals surface area (Å²) >= 11 is 5.94. The molecule has 0 spiro atoms. The minimum atomic E-state index is -0.373. The molecule has 0 aliphatic carbocycles. The maximum atomic E-state index is 12.3. The van der Waals surface area contributed by atoms with Gasteiger partial charge in [-0.2, -0.15) is 5.10 Å². The molecule has 1 aromatic heterocycles. The molecule has 0 saturated carbocycles. The van der Waals surface area contributed by atoms with E-state index in [0.717, 1.165) is 16.8 Å². The van der Waals surface area contributed by atoms with Gasteiger partial charge < -0.3 is 4.74 Å². The molecule has 2 aromatic carbocycles. The highest BCUT2D eigenvalue weighted by Crippen LogP contribution is 2.21. The highest BCUT2D eigenvalue weighted by atomic mass is 35.5. The van der Waals surface area contributed by atoms with Gasteiger partial charge in [0.25, 0.3) is 0 Å². The minimum Gasteiger partial charge on any atom is -0.461 e. The third kappa shape index (κ3) is 4.09. The molecule has 0 bridgehead atoms. The first kappa shape index (κ1) is 17.2. The molecule has 25 heavy (non-hydrogen) atoms. The summed E-state index contributed by atoms with van der Waals surface area (Å²) in [6.45, 7) is 4.62. The summed E-state index contributed by atoms with van der Waals surface area (Å²) in [5.41, 5.74) is 4.33. The van der Waals surface area contributed by atoms with E-state index in [4.69, 9.17) is 16.3 Å². The second-order valence-corrected chi connectivity index (χ2v) is 6.22. The monoisotopic (exact) mass is 354 g/mol. The van der Waals surface area contributed by atoms with Crippen molar-refractivity contribution in [3.05, 3.63) is 76.4 Å². The maximum Gasteiger partial charge on any atom is 0.356 e. The SMILES string of the molecule is CCOC(=O)c1cc(-c2ccc(C)cc2)nn1Cc1ccc(Cl)cc1. The van der Waals surface area contributed by atoms with Crippen LogP contribution >= 0.6 is 11.6 Å². The van der Waals surface area contributed by atoms with Crippen LogP contribution < -0.4 is 0 Å². The van der Waals surface area contributed by atoms with E-state index < -0.39 is 0 Å². The van der Waals surface area contributed by atoms with E-state index >= 15 is 0 Å². The van der Waals surface area contributed by atoms with Crippen LogP contribution in [0.15, 0.2) is 54.6 Å². The van der Waals surface area contributed by atoms with Gasteiger partial charge >= 0.3 is 5.97 Å². The average Bonchev–Trinajstić information content (AvgIpc) is 3.02. The Balaban J connectivity index is 1.97. The molecular formula is C20H19ClN2O2. The van der Waals surface area contributed by atoms with E-state index in [1.165, 1.54) is 5.56 Å². The molecule has 0 fully saturated rings. The van der Waals surface area contributed by atoms with Crippen molar-refractivity contribution in [2.24, 2.45) is 0 Å². The number of hydrogen-bond acceptors (Lipinski definition) is 3. The number of esters is 1. The maximum absolute atomic E-state index is 12.3. The zero-order chi connectivity index (χ0) is 17.8. The normalized spacial score (nSPS) is 10.7. The van der Waals surface area contributed by atoms with E-state index in [-0.39, 0.29) is 5.97 Å². The number of hydrogen-bond donors (Lipinski definition) is 0. The van der Waals surface area contributed by atoms with Crippen molar-refractivity contribution >= 4 is 17.6 Å². The van der Waals surface area contributed by atoms with E-state index in [0.29, 0.717) is 23.9 Å². The summed E-state index contributed by atoms with van der Waals surface area (Å²) in [4.78, 5) is 12.3. The highest BCUT2D eigenvalue weighted by molar-refractivity contribution is 6.30. The summed E-state index contributed by atoms with van der Waals surface area (Å²) < 4.78 is 6.85. The summed E-state index contributed by atoms with van der Waals surface area (Å²) in [5, 5.41) is 5.29. The van der Waals surface area contributed by atoms with Gasteiger partial charge in [0.1, 0.15) is 5.69 Å². The standard InChI is InChI=1S/C20H19ClN2O2/c1-3-25-20(24)19-12-18(16-8-4-14(2)5-9-16)22-23(19)13-15-6-10-17(21)11-7-15/h4-12H,3,13H2,1-2H3. The quantitative estimate of drug-likeness (QED) is 0.622. The molecule has 0 aliphatic heterocycles. The molecule has 0 aliphatic rings. The molecule has 5 heteroatoms. The van der Waals surface area contributed by atoms with Crippen molar-refractivity contribution in [3.63, 3.8) is 0 Å². The van der Waals surface area contributed by atoms with Crippen LogP contribution in [0.5, 0.6) is 0 Å². The van der Waals surface area contributed by atoms with Gasteiger partial charge in [-0.3, -0.25) is 4.68 Å². The zero-order valence-electron chi connectivity index (χ0n) is 14.2. The number of aryl methyl sites for hydroxylation is 1. The Morgan fingerprint density at radius 3 is 2.44 bits per heavy atom. The van der Waals surface area contributed by atoms with E-state index in [1.54, 1.807) is 17.7 Å². The number of carbonyl (C=O) groups is 1. The number of carbonyl (C=O) groups excluding carboxylic acids is 1. The zero-order valence-corrected chi connectivity index (χ0v) is 15.0. The van der Waals surface area contributed by atoms with Crippen LogP contribution in [0.1, 0.15) is 28.5 Å². The summed E-state index contributed by atoms with van der Waals surface area (Å²) in [7, 11) is 0. The highest BCUT2D eigenvalue weighted by Gasteiger charge is 2.17. The first-order chi connectivity index (χ1) is 12.1. The molecule has 3 aromatic rings. The summed E-state index contributed by atoms with van der Waals surface area (Å²) in [5.74, 6) is -0.373. The fourth-order valence-corrected chi connectivity index (χ4v) is 2.66. The molecule has 0 radical (unpaired) electrons. The molecule has 3 rings (SSSR count). The van der Waals surface area contributed by atoms with Gasteiger partial charge in [0.2, 0.25) is 0 Å². The van der Waals surface area contributed by atoms with Crippen molar-refractivity contribution in [3.8, 4) is 11.3 Å². The Labute approximate surface area is 152 Å². The second kappa shape index (κ2) is 7.53. The summed E-state index contributed by atoms with van der Waals surface area (Å²) in [6, 6.07) is 17.3. The molecule has 0 N–H and O–H groups in total. The fourth-order valence-electron chi connectivity index (χ4n) is 2.53. The Bertz CT molecular complexity index is 868. The van der Waals surface area contributed by atoms with Gasteiger partial charge in [-0.25, -0.2) is 4.79 Å². The molecule has 0 unspecified atom stereocenters. The van der Waals surface area contributed by atoms with Crippen molar-refractivity contribution < 1.29 is 9.53 Å². The van der Waals surface area contributed by atoms with Gasteiger partial charge in [0.15, 0.2) is 0 Å². The predicted molar refractivity (Wildman–Crippen MR) is 98.9 cm³/mol. The minimum absolute atomic E-state index is 0.324. The Morgan fingerprint density at radius 1 is 1.12 bits per heavy atom. The van der Waals surface area contributed by atoms with Crippen LogP contribution in [0.3, 0.4) is 0 Å². The predicted octanol–water partition coefficient (Wildman–Crippen LogP) is 4.74. The van der Waals surface area contributed by atoms with Gasteiger partial charge in [0, 0.05) is 10.6 Å². The van der Waals surface area contributed by atoms with Gasteiger partial charge in [-0.15, -0.1) is 0 Å². The van der Waals surface area contributed by atoms with Gasteiger partial charge in [0.05, 0.1) is 18.8 Å².